The van der Waals surface area contributed by atoms with Crippen LogP contribution in [0.1, 0.15) is 25.7 Å². The summed E-state index contributed by atoms with van der Waals surface area (Å²) >= 11 is 3.33. The van der Waals surface area contributed by atoms with Gasteiger partial charge < -0.3 is 9.74 Å². The number of benzene rings is 1. The first kappa shape index (κ1) is 17.4. The van der Waals surface area contributed by atoms with Gasteiger partial charge in [0.25, 0.3) is 5.91 Å². The highest BCUT2D eigenvalue weighted by atomic mass is 32.1. The molecule has 25 heavy (non-hydrogen) atoms. The number of carbonyl (C=O) groups excluding carboxylic acids is 1. The van der Waals surface area contributed by atoms with Crippen molar-refractivity contribution in [1.29, 1.82) is 0 Å². The van der Waals surface area contributed by atoms with Crippen molar-refractivity contribution in [2.45, 2.75) is 13.1 Å². The lowest BCUT2D eigenvalue weighted by Gasteiger charge is -2.21. The summed E-state index contributed by atoms with van der Waals surface area (Å²) in [7, 11) is 1.50. The molecule has 0 aliphatic carbocycles. The molecule has 2 aromatic heterocycles. The van der Waals surface area contributed by atoms with Crippen molar-refractivity contribution in [3.63, 3.8) is 0 Å². The Balaban J connectivity index is 1.78. The fourth-order valence-electron chi connectivity index (χ4n) is 2.39. The molecule has 6 heteroatoms. The Morgan fingerprint density at radius 3 is 2.12 bits per heavy atom. The summed E-state index contributed by atoms with van der Waals surface area (Å²) < 4.78 is 0. The molecule has 0 saturated heterocycles. The van der Waals surface area contributed by atoms with E-state index in [4.69, 9.17) is 0 Å². The second-order valence-corrected chi connectivity index (χ2v) is 7.42. The number of thiophene rings is 2. The molecule has 0 aliphatic heterocycles. The fraction of sp³-hybridized carbons (Fsp3) is 0.158. The van der Waals surface area contributed by atoms with Gasteiger partial charge in [0.1, 0.15) is 7.11 Å². The van der Waals surface area contributed by atoms with Crippen LogP contribution in [0.4, 0.5) is 0 Å². The molecule has 3 rings (SSSR count). The highest BCUT2D eigenvalue weighted by molar-refractivity contribution is 7.10. The molecule has 2 heterocycles. The SMILES string of the molecule is CO/N=C/c1ccc(C(=O)N(Cc2cccs2)Cc2cccs2)cc1. The molecular formula is C19H18N2O2S2. The van der Waals surface area contributed by atoms with Gasteiger partial charge in [-0.05, 0) is 40.6 Å². The van der Waals surface area contributed by atoms with Crippen molar-refractivity contribution in [3.8, 4) is 0 Å². The quantitative estimate of drug-likeness (QED) is 0.449. The molecule has 0 unspecified atom stereocenters. The van der Waals surface area contributed by atoms with Gasteiger partial charge in [0.2, 0.25) is 0 Å². The van der Waals surface area contributed by atoms with Crippen LogP contribution in [0.5, 0.6) is 0 Å². The summed E-state index contributed by atoms with van der Waals surface area (Å²) in [5.74, 6) is 0.0250. The van der Waals surface area contributed by atoms with Crippen LogP contribution < -0.4 is 0 Å². The Kier molecular flexibility index (Phi) is 5.98. The number of carbonyl (C=O) groups is 1. The average molecular weight is 370 g/mol. The lowest BCUT2D eigenvalue weighted by Crippen LogP contribution is -2.29. The number of nitrogens with zero attached hydrogens (tertiary/aromatic N) is 2. The Bertz CT molecular complexity index is 774. The van der Waals surface area contributed by atoms with Crippen LogP contribution in [0, 0.1) is 0 Å². The summed E-state index contributed by atoms with van der Waals surface area (Å²) in [5.41, 5.74) is 1.56. The van der Waals surface area contributed by atoms with E-state index < -0.39 is 0 Å². The molecule has 0 saturated carbocycles. The minimum Gasteiger partial charge on any atom is -0.399 e. The van der Waals surface area contributed by atoms with E-state index in [-0.39, 0.29) is 5.91 Å². The molecule has 128 valence electrons. The Morgan fingerprint density at radius 1 is 1.04 bits per heavy atom. The van der Waals surface area contributed by atoms with E-state index in [1.54, 1.807) is 28.9 Å². The molecule has 1 aromatic carbocycles. The predicted octanol–water partition coefficient (Wildman–Crippen LogP) is 4.63. The molecule has 1 amide bonds. The van der Waals surface area contributed by atoms with Gasteiger partial charge in [0, 0.05) is 15.3 Å². The molecule has 0 bridgehead atoms. The van der Waals surface area contributed by atoms with Crippen LogP contribution in [0.15, 0.2) is 64.4 Å². The molecule has 0 spiro atoms. The minimum atomic E-state index is 0.0250. The first-order valence-electron chi connectivity index (χ1n) is 7.77. The maximum atomic E-state index is 13.0. The van der Waals surface area contributed by atoms with Gasteiger partial charge in [-0.25, -0.2) is 0 Å². The van der Waals surface area contributed by atoms with Crippen LogP contribution in [0.25, 0.3) is 0 Å². The van der Waals surface area contributed by atoms with Gasteiger partial charge in [-0.3, -0.25) is 4.79 Å². The maximum Gasteiger partial charge on any atom is 0.254 e. The zero-order valence-corrected chi connectivity index (χ0v) is 15.4. The Morgan fingerprint density at radius 2 is 1.64 bits per heavy atom. The fourth-order valence-corrected chi connectivity index (χ4v) is 3.83. The lowest BCUT2D eigenvalue weighted by atomic mass is 10.1. The van der Waals surface area contributed by atoms with Gasteiger partial charge in [-0.15, -0.1) is 22.7 Å². The third-order valence-electron chi connectivity index (χ3n) is 3.61. The maximum absolute atomic E-state index is 13.0. The molecule has 4 nitrogen and oxygen atoms in total. The second kappa shape index (κ2) is 8.60. The molecule has 0 aliphatic rings. The highest BCUT2D eigenvalue weighted by Gasteiger charge is 2.17. The smallest absolute Gasteiger partial charge is 0.254 e. The van der Waals surface area contributed by atoms with Crippen LogP contribution in [0.2, 0.25) is 0 Å². The Hall–Kier alpha value is -2.44. The second-order valence-electron chi connectivity index (χ2n) is 5.36. The molecule has 0 atom stereocenters. The van der Waals surface area contributed by atoms with Crippen molar-refractivity contribution in [3.05, 3.63) is 80.2 Å². The van der Waals surface area contributed by atoms with Crippen molar-refractivity contribution >= 4 is 34.8 Å². The largest absolute Gasteiger partial charge is 0.399 e. The topological polar surface area (TPSA) is 41.9 Å². The van der Waals surface area contributed by atoms with Crippen LogP contribution in [-0.2, 0) is 17.9 Å². The van der Waals surface area contributed by atoms with Crippen LogP contribution in [-0.4, -0.2) is 24.1 Å². The molecular weight excluding hydrogens is 352 g/mol. The lowest BCUT2D eigenvalue weighted by molar-refractivity contribution is 0.0733. The van der Waals surface area contributed by atoms with E-state index in [0.29, 0.717) is 18.7 Å². The molecule has 3 aromatic rings. The summed E-state index contributed by atoms with van der Waals surface area (Å²) in [6, 6.07) is 15.5. The van der Waals surface area contributed by atoms with E-state index >= 15 is 0 Å². The van der Waals surface area contributed by atoms with Gasteiger partial charge >= 0.3 is 0 Å². The molecule has 0 fully saturated rings. The number of amides is 1. The van der Waals surface area contributed by atoms with E-state index in [1.807, 2.05) is 52.1 Å². The summed E-state index contributed by atoms with van der Waals surface area (Å²) in [6.45, 7) is 1.22. The standard InChI is InChI=1S/C19H18N2O2S2/c1-23-20-12-15-6-8-16(9-7-15)19(22)21(13-17-4-2-10-24-17)14-18-5-3-11-25-18/h2-12H,13-14H2,1H3/b20-12+. The van der Waals surface area contributed by atoms with Gasteiger partial charge in [-0.2, -0.15) is 0 Å². The monoisotopic (exact) mass is 370 g/mol. The summed E-state index contributed by atoms with van der Waals surface area (Å²) in [5, 5.41) is 7.80. The third-order valence-corrected chi connectivity index (χ3v) is 5.33. The predicted molar refractivity (Wildman–Crippen MR) is 103 cm³/mol. The van der Waals surface area contributed by atoms with Crippen molar-refractivity contribution in [1.82, 2.24) is 4.90 Å². The summed E-state index contributed by atoms with van der Waals surface area (Å²) in [4.78, 5) is 21.9. The van der Waals surface area contributed by atoms with Gasteiger partial charge in [0.15, 0.2) is 0 Å². The Labute approximate surface area is 155 Å². The third kappa shape index (κ3) is 4.78. The van der Waals surface area contributed by atoms with Crippen molar-refractivity contribution < 1.29 is 9.63 Å². The van der Waals surface area contributed by atoms with E-state index in [9.17, 15) is 4.79 Å². The number of oxime groups is 1. The summed E-state index contributed by atoms with van der Waals surface area (Å²) in [6.07, 6.45) is 1.61. The normalized spacial score (nSPS) is 10.9. The highest BCUT2D eigenvalue weighted by Crippen LogP contribution is 2.19. The molecule has 0 radical (unpaired) electrons. The molecule has 0 N–H and O–H groups in total. The first-order chi connectivity index (χ1) is 12.3. The number of hydrogen-bond acceptors (Lipinski definition) is 5. The van der Waals surface area contributed by atoms with Crippen LogP contribution >= 0.6 is 22.7 Å². The zero-order valence-electron chi connectivity index (χ0n) is 13.8. The minimum absolute atomic E-state index is 0.0250. The number of hydrogen-bond donors (Lipinski definition) is 0. The van der Waals surface area contributed by atoms with Gasteiger partial charge in [0.05, 0.1) is 19.3 Å². The van der Waals surface area contributed by atoms with Crippen molar-refractivity contribution in [2.24, 2.45) is 5.16 Å². The van der Waals surface area contributed by atoms with Crippen molar-refractivity contribution in [2.75, 3.05) is 7.11 Å². The van der Waals surface area contributed by atoms with E-state index in [0.717, 1.165) is 5.56 Å². The number of rotatable bonds is 7. The van der Waals surface area contributed by atoms with E-state index in [1.165, 1.54) is 16.9 Å². The zero-order chi connectivity index (χ0) is 17.5. The first-order valence-corrected chi connectivity index (χ1v) is 9.53. The van der Waals surface area contributed by atoms with Gasteiger partial charge in [-0.1, -0.05) is 29.4 Å². The van der Waals surface area contributed by atoms with Crippen LogP contribution in [0.3, 0.4) is 0 Å². The average Bonchev–Trinajstić information content (AvgIpc) is 3.33. The van der Waals surface area contributed by atoms with E-state index in [2.05, 4.69) is 22.1 Å².